The molecule has 1 aromatic heterocycles. The molecule has 0 radical (unpaired) electrons. The lowest BCUT2D eigenvalue weighted by molar-refractivity contribution is 0.342. The van der Waals surface area contributed by atoms with Crippen LogP contribution in [0.5, 0.6) is 5.75 Å². The van der Waals surface area contributed by atoms with E-state index in [1.54, 1.807) is 6.20 Å². The normalized spacial score (nSPS) is 12.2. The minimum Gasteiger partial charge on any atom is -0.492 e. The largest absolute Gasteiger partial charge is 0.492 e. The van der Waals surface area contributed by atoms with E-state index in [1.165, 1.54) is 0 Å². The highest BCUT2D eigenvalue weighted by Gasteiger charge is 2.13. The number of ether oxygens (including phenoxy) is 1. The molecule has 0 spiro atoms. The van der Waals surface area contributed by atoms with Crippen molar-refractivity contribution >= 4 is 11.4 Å². The summed E-state index contributed by atoms with van der Waals surface area (Å²) in [6, 6.07) is 5.60. The maximum Gasteiger partial charge on any atom is 0.216 e. The quantitative estimate of drug-likeness (QED) is 0.809. The Labute approximate surface area is 112 Å². The maximum atomic E-state index is 6.06. The van der Waals surface area contributed by atoms with Crippen molar-refractivity contribution < 1.29 is 9.15 Å². The van der Waals surface area contributed by atoms with Gasteiger partial charge in [-0.2, -0.15) is 0 Å². The van der Waals surface area contributed by atoms with Gasteiger partial charge in [-0.15, -0.1) is 0 Å². The minimum atomic E-state index is -0.0622. The van der Waals surface area contributed by atoms with Crippen LogP contribution in [-0.2, 0) is 0 Å². The highest BCUT2D eigenvalue weighted by molar-refractivity contribution is 5.73. The Balaban J connectivity index is 2.16. The van der Waals surface area contributed by atoms with E-state index in [-0.39, 0.29) is 6.04 Å². The van der Waals surface area contributed by atoms with Gasteiger partial charge in [0.05, 0.1) is 24.2 Å². The van der Waals surface area contributed by atoms with Crippen molar-refractivity contribution in [3.05, 3.63) is 36.0 Å². The van der Waals surface area contributed by atoms with Crippen molar-refractivity contribution in [2.24, 2.45) is 0 Å². The van der Waals surface area contributed by atoms with Crippen LogP contribution >= 0.6 is 0 Å². The SMILES string of the molecule is CCOc1cccc(NC(C)c2ncc(C)o2)c1N. The Hall–Kier alpha value is -2.17. The summed E-state index contributed by atoms with van der Waals surface area (Å²) >= 11 is 0. The number of nitrogens with two attached hydrogens (primary N) is 1. The van der Waals surface area contributed by atoms with E-state index in [0.717, 1.165) is 11.4 Å². The fourth-order valence-electron chi connectivity index (χ4n) is 1.82. The van der Waals surface area contributed by atoms with Crippen LogP contribution in [0.4, 0.5) is 11.4 Å². The number of rotatable bonds is 5. The first kappa shape index (κ1) is 13.3. The third-order valence-corrected chi connectivity index (χ3v) is 2.75. The van der Waals surface area contributed by atoms with Crippen molar-refractivity contribution in [2.75, 3.05) is 17.7 Å². The van der Waals surface area contributed by atoms with E-state index in [2.05, 4.69) is 10.3 Å². The maximum absolute atomic E-state index is 6.06. The molecule has 2 aromatic rings. The van der Waals surface area contributed by atoms with Crippen LogP contribution in [0.2, 0.25) is 0 Å². The molecule has 5 heteroatoms. The number of nitrogens with zero attached hydrogens (tertiary/aromatic N) is 1. The molecule has 0 amide bonds. The molecule has 0 aliphatic heterocycles. The zero-order valence-corrected chi connectivity index (χ0v) is 11.4. The molecule has 1 aromatic carbocycles. The van der Waals surface area contributed by atoms with E-state index in [9.17, 15) is 0 Å². The molecule has 1 heterocycles. The molecule has 0 aliphatic rings. The number of aromatic nitrogens is 1. The van der Waals surface area contributed by atoms with Crippen LogP contribution < -0.4 is 15.8 Å². The first-order chi connectivity index (χ1) is 9.11. The van der Waals surface area contributed by atoms with Gasteiger partial charge in [0.2, 0.25) is 5.89 Å². The lowest BCUT2D eigenvalue weighted by Gasteiger charge is -2.16. The number of hydrogen-bond donors (Lipinski definition) is 2. The second-order valence-electron chi connectivity index (χ2n) is 4.33. The van der Waals surface area contributed by atoms with Gasteiger partial charge in [0.1, 0.15) is 17.6 Å². The van der Waals surface area contributed by atoms with Gasteiger partial charge in [-0.1, -0.05) is 6.07 Å². The first-order valence-corrected chi connectivity index (χ1v) is 6.32. The summed E-state index contributed by atoms with van der Waals surface area (Å²) in [6.07, 6.45) is 1.70. The highest BCUT2D eigenvalue weighted by atomic mass is 16.5. The summed E-state index contributed by atoms with van der Waals surface area (Å²) in [7, 11) is 0. The first-order valence-electron chi connectivity index (χ1n) is 6.32. The zero-order valence-electron chi connectivity index (χ0n) is 11.4. The molecule has 0 saturated heterocycles. The van der Waals surface area contributed by atoms with E-state index in [4.69, 9.17) is 14.9 Å². The van der Waals surface area contributed by atoms with Gasteiger partial charge in [0.15, 0.2) is 0 Å². The molecule has 19 heavy (non-hydrogen) atoms. The summed E-state index contributed by atoms with van der Waals surface area (Å²) in [4.78, 5) is 4.20. The summed E-state index contributed by atoms with van der Waals surface area (Å²) in [5, 5.41) is 3.28. The molecular formula is C14H19N3O2. The Morgan fingerprint density at radius 3 is 2.89 bits per heavy atom. The second-order valence-corrected chi connectivity index (χ2v) is 4.33. The van der Waals surface area contributed by atoms with Gasteiger partial charge >= 0.3 is 0 Å². The Morgan fingerprint density at radius 1 is 1.47 bits per heavy atom. The van der Waals surface area contributed by atoms with Crippen molar-refractivity contribution in [1.82, 2.24) is 4.98 Å². The number of nitrogen functional groups attached to an aromatic ring is 1. The lowest BCUT2D eigenvalue weighted by atomic mass is 10.2. The Morgan fingerprint density at radius 2 is 2.26 bits per heavy atom. The van der Waals surface area contributed by atoms with Gasteiger partial charge in [0, 0.05) is 0 Å². The van der Waals surface area contributed by atoms with Crippen LogP contribution in [0.1, 0.15) is 31.5 Å². The zero-order chi connectivity index (χ0) is 13.8. The minimum absolute atomic E-state index is 0.0622. The summed E-state index contributed by atoms with van der Waals surface area (Å²) < 4.78 is 11.0. The van der Waals surface area contributed by atoms with E-state index in [1.807, 2.05) is 39.0 Å². The van der Waals surface area contributed by atoms with Crippen LogP contribution in [0.3, 0.4) is 0 Å². The Kier molecular flexibility index (Phi) is 3.94. The van der Waals surface area contributed by atoms with E-state index < -0.39 is 0 Å². The average Bonchev–Trinajstić information content (AvgIpc) is 2.81. The number of anilines is 2. The molecule has 1 unspecified atom stereocenters. The van der Waals surface area contributed by atoms with Crippen molar-refractivity contribution in [1.29, 1.82) is 0 Å². The number of hydrogen-bond acceptors (Lipinski definition) is 5. The summed E-state index contributed by atoms with van der Waals surface area (Å²) in [5.74, 6) is 2.11. The third kappa shape index (κ3) is 2.99. The number of aryl methyl sites for hydroxylation is 1. The van der Waals surface area contributed by atoms with Gasteiger partial charge in [-0.3, -0.25) is 0 Å². The summed E-state index contributed by atoms with van der Waals surface area (Å²) in [5.41, 5.74) is 7.47. The molecule has 0 fully saturated rings. The van der Waals surface area contributed by atoms with Gasteiger partial charge < -0.3 is 20.2 Å². The number of para-hydroxylation sites is 1. The molecule has 2 rings (SSSR count). The predicted octanol–water partition coefficient (Wildman–Crippen LogP) is 3.14. The molecule has 102 valence electrons. The van der Waals surface area contributed by atoms with Crippen LogP contribution in [0.15, 0.2) is 28.8 Å². The number of oxazole rings is 1. The second kappa shape index (κ2) is 5.65. The average molecular weight is 261 g/mol. The van der Waals surface area contributed by atoms with E-state index in [0.29, 0.717) is 23.9 Å². The molecule has 0 bridgehead atoms. The predicted molar refractivity (Wildman–Crippen MR) is 75.3 cm³/mol. The fourth-order valence-corrected chi connectivity index (χ4v) is 1.82. The third-order valence-electron chi connectivity index (χ3n) is 2.75. The van der Waals surface area contributed by atoms with Crippen molar-refractivity contribution in [3.8, 4) is 5.75 Å². The van der Waals surface area contributed by atoms with Gasteiger partial charge in [0.25, 0.3) is 0 Å². The van der Waals surface area contributed by atoms with Gasteiger partial charge in [-0.05, 0) is 32.9 Å². The van der Waals surface area contributed by atoms with E-state index >= 15 is 0 Å². The lowest BCUT2D eigenvalue weighted by Crippen LogP contribution is -2.09. The molecular weight excluding hydrogens is 242 g/mol. The topological polar surface area (TPSA) is 73.3 Å². The summed E-state index contributed by atoms with van der Waals surface area (Å²) in [6.45, 7) is 6.35. The van der Waals surface area contributed by atoms with Gasteiger partial charge in [-0.25, -0.2) is 4.98 Å². The van der Waals surface area contributed by atoms with Crippen molar-refractivity contribution in [2.45, 2.75) is 26.8 Å². The molecule has 0 aliphatic carbocycles. The molecule has 1 atom stereocenters. The number of benzene rings is 1. The fraction of sp³-hybridized carbons (Fsp3) is 0.357. The van der Waals surface area contributed by atoms with Crippen LogP contribution in [0.25, 0.3) is 0 Å². The van der Waals surface area contributed by atoms with Crippen molar-refractivity contribution in [3.63, 3.8) is 0 Å². The Bertz CT molecular complexity index is 551. The standard InChI is InChI=1S/C14H19N3O2/c1-4-18-12-7-5-6-11(13(12)15)17-10(3)14-16-8-9(2)19-14/h5-8,10,17H,4,15H2,1-3H3. The smallest absolute Gasteiger partial charge is 0.216 e. The number of nitrogens with one attached hydrogen (secondary N) is 1. The monoisotopic (exact) mass is 261 g/mol. The molecule has 3 N–H and O–H groups in total. The molecule has 5 nitrogen and oxygen atoms in total. The molecule has 0 saturated carbocycles. The van der Waals surface area contributed by atoms with Crippen LogP contribution in [-0.4, -0.2) is 11.6 Å². The highest BCUT2D eigenvalue weighted by Crippen LogP contribution is 2.31. The van der Waals surface area contributed by atoms with Crippen LogP contribution in [0, 0.1) is 6.92 Å².